The zero-order valence-electron chi connectivity index (χ0n) is 19.5. The third-order valence-corrected chi connectivity index (χ3v) is 5.88. The van der Waals surface area contributed by atoms with Crippen LogP contribution in [-0.2, 0) is 9.59 Å². The lowest BCUT2D eigenvalue weighted by atomic mass is 9.94. The zero-order chi connectivity index (χ0) is 24.4. The van der Waals surface area contributed by atoms with E-state index in [0.717, 1.165) is 5.56 Å². The number of aromatic nitrogens is 1. The third kappa shape index (κ3) is 3.90. The van der Waals surface area contributed by atoms with E-state index in [1.807, 2.05) is 13.8 Å². The number of ketones is 1. The Morgan fingerprint density at radius 3 is 2.32 bits per heavy atom. The summed E-state index contributed by atoms with van der Waals surface area (Å²) in [5.74, 6) is -0.597. The summed E-state index contributed by atoms with van der Waals surface area (Å²) in [5.41, 5.74) is 2.13. The van der Waals surface area contributed by atoms with E-state index >= 15 is 0 Å². The minimum Gasteiger partial charge on any atom is -0.507 e. The fraction of sp³-hybridized carbons (Fsp3) is 0.222. The largest absolute Gasteiger partial charge is 0.507 e. The Bertz CT molecular complexity index is 1270. The van der Waals surface area contributed by atoms with E-state index in [0.29, 0.717) is 28.4 Å². The molecule has 1 aliphatic rings. The van der Waals surface area contributed by atoms with Crippen molar-refractivity contribution in [2.75, 3.05) is 19.1 Å². The van der Waals surface area contributed by atoms with Gasteiger partial charge in [-0.1, -0.05) is 32.0 Å². The van der Waals surface area contributed by atoms with Gasteiger partial charge in [0.15, 0.2) is 0 Å². The number of carbonyl (C=O) groups is 2. The molecule has 1 fully saturated rings. The molecule has 1 N–H and O–H groups in total. The second-order valence-corrected chi connectivity index (χ2v) is 8.21. The van der Waals surface area contributed by atoms with Gasteiger partial charge >= 0.3 is 0 Å². The number of nitrogens with zero attached hydrogens (tertiary/aromatic N) is 2. The zero-order valence-corrected chi connectivity index (χ0v) is 19.5. The van der Waals surface area contributed by atoms with Crippen LogP contribution in [0.1, 0.15) is 42.6 Å². The number of rotatable bonds is 6. The summed E-state index contributed by atoms with van der Waals surface area (Å²) < 4.78 is 10.9. The predicted octanol–water partition coefficient (Wildman–Crippen LogP) is 4.85. The van der Waals surface area contributed by atoms with Gasteiger partial charge in [0.2, 0.25) is 0 Å². The maximum atomic E-state index is 13.3. The molecule has 2 heterocycles. The van der Waals surface area contributed by atoms with Crippen LogP contribution in [0.5, 0.6) is 11.5 Å². The molecule has 34 heavy (non-hydrogen) atoms. The number of benzene rings is 2. The average molecular weight is 459 g/mol. The van der Waals surface area contributed by atoms with Crippen molar-refractivity contribution in [1.82, 2.24) is 4.98 Å². The highest BCUT2D eigenvalue weighted by molar-refractivity contribution is 6.51. The summed E-state index contributed by atoms with van der Waals surface area (Å²) >= 11 is 0. The minimum absolute atomic E-state index is 0.0329. The standard InChI is InChI=1S/C27H26N2O5/c1-16(2)18-15-17(12-13-21(18)33-3)25(30)23-24(19-9-7-8-14-28-19)29(27(32)26(23)31)20-10-5-6-11-22(20)34-4/h5-16,24,30H,1-4H3/b25-23-. The van der Waals surface area contributed by atoms with Crippen LogP contribution in [-0.4, -0.2) is 36.0 Å². The van der Waals surface area contributed by atoms with Gasteiger partial charge in [-0.2, -0.15) is 0 Å². The summed E-state index contributed by atoms with van der Waals surface area (Å²) in [6.45, 7) is 4.02. The lowest BCUT2D eigenvalue weighted by Crippen LogP contribution is -2.30. The van der Waals surface area contributed by atoms with Crippen LogP contribution in [0.2, 0.25) is 0 Å². The number of aliphatic hydroxyl groups is 1. The number of pyridine rings is 1. The number of anilines is 1. The van der Waals surface area contributed by atoms with E-state index in [9.17, 15) is 14.7 Å². The lowest BCUT2D eigenvalue weighted by Gasteiger charge is -2.26. The molecule has 174 valence electrons. The third-order valence-electron chi connectivity index (χ3n) is 5.88. The number of amides is 1. The van der Waals surface area contributed by atoms with Crippen molar-refractivity contribution in [3.05, 3.63) is 89.3 Å². The molecule has 3 aromatic rings. The van der Waals surface area contributed by atoms with Gasteiger partial charge in [-0.3, -0.25) is 19.5 Å². The second-order valence-electron chi connectivity index (χ2n) is 8.21. The molecule has 1 atom stereocenters. The first-order valence-electron chi connectivity index (χ1n) is 10.9. The lowest BCUT2D eigenvalue weighted by molar-refractivity contribution is -0.132. The first kappa shape index (κ1) is 23.0. The highest BCUT2D eigenvalue weighted by Gasteiger charge is 2.48. The molecule has 7 nitrogen and oxygen atoms in total. The number of hydrogen-bond donors (Lipinski definition) is 1. The number of para-hydroxylation sites is 2. The summed E-state index contributed by atoms with van der Waals surface area (Å²) in [5, 5.41) is 11.4. The highest BCUT2D eigenvalue weighted by Crippen LogP contribution is 2.44. The van der Waals surface area contributed by atoms with Crippen LogP contribution >= 0.6 is 0 Å². The van der Waals surface area contributed by atoms with Gasteiger partial charge in [0, 0.05) is 11.8 Å². The van der Waals surface area contributed by atoms with Crippen molar-refractivity contribution >= 4 is 23.1 Å². The molecule has 7 heteroatoms. The first-order valence-corrected chi connectivity index (χ1v) is 10.9. The van der Waals surface area contributed by atoms with Crippen LogP contribution in [0.3, 0.4) is 0 Å². The van der Waals surface area contributed by atoms with E-state index in [1.165, 1.54) is 12.0 Å². The molecule has 1 unspecified atom stereocenters. The predicted molar refractivity (Wildman–Crippen MR) is 129 cm³/mol. The van der Waals surface area contributed by atoms with Gasteiger partial charge in [-0.15, -0.1) is 0 Å². The molecule has 0 aliphatic carbocycles. The molecule has 1 aliphatic heterocycles. The van der Waals surface area contributed by atoms with Gasteiger partial charge in [0.1, 0.15) is 23.3 Å². The van der Waals surface area contributed by atoms with Crippen LogP contribution in [0.25, 0.3) is 5.76 Å². The van der Waals surface area contributed by atoms with Gasteiger partial charge in [0.05, 0.1) is 31.2 Å². The Morgan fingerprint density at radius 1 is 0.971 bits per heavy atom. The second kappa shape index (κ2) is 9.39. The van der Waals surface area contributed by atoms with E-state index in [4.69, 9.17) is 9.47 Å². The van der Waals surface area contributed by atoms with Crippen molar-refractivity contribution in [2.24, 2.45) is 0 Å². The van der Waals surface area contributed by atoms with Gasteiger partial charge in [-0.05, 0) is 53.9 Å². The van der Waals surface area contributed by atoms with Crippen LogP contribution in [0.4, 0.5) is 5.69 Å². The fourth-order valence-electron chi connectivity index (χ4n) is 4.22. The fourth-order valence-corrected chi connectivity index (χ4v) is 4.22. The Labute approximate surface area is 198 Å². The molecule has 0 radical (unpaired) electrons. The van der Waals surface area contributed by atoms with Crippen LogP contribution in [0.15, 0.2) is 72.4 Å². The topological polar surface area (TPSA) is 89.0 Å². The van der Waals surface area contributed by atoms with E-state index < -0.39 is 17.7 Å². The maximum Gasteiger partial charge on any atom is 0.300 e. The SMILES string of the molecule is COc1ccc(/C(O)=C2/C(=O)C(=O)N(c3ccccc3OC)C2c2ccccn2)cc1C(C)C. The number of aliphatic hydroxyl groups excluding tert-OH is 1. The molecule has 2 aromatic carbocycles. The Hall–Kier alpha value is -4.13. The van der Waals surface area contributed by atoms with Crippen LogP contribution in [0, 0.1) is 0 Å². The minimum atomic E-state index is -0.929. The van der Waals surface area contributed by atoms with E-state index in [2.05, 4.69) is 4.98 Å². The van der Waals surface area contributed by atoms with Crippen LogP contribution < -0.4 is 14.4 Å². The Balaban J connectivity index is 1.96. The molecule has 0 saturated carbocycles. The summed E-state index contributed by atoms with van der Waals surface area (Å²) in [7, 11) is 3.08. The van der Waals surface area contributed by atoms with Gasteiger partial charge in [0.25, 0.3) is 11.7 Å². The summed E-state index contributed by atoms with van der Waals surface area (Å²) in [6.07, 6.45) is 1.59. The molecule has 1 amide bonds. The van der Waals surface area contributed by atoms with Gasteiger partial charge in [-0.25, -0.2) is 0 Å². The smallest absolute Gasteiger partial charge is 0.300 e. The quantitative estimate of drug-likeness (QED) is 0.323. The molecule has 1 saturated heterocycles. The van der Waals surface area contributed by atoms with Crippen molar-refractivity contribution in [1.29, 1.82) is 0 Å². The first-order chi connectivity index (χ1) is 16.4. The number of ether oxygens (including phenoxy) is 2. The van der Waals surface area contributed by atoms with Gasteiger partial charge < -0.3 is 14.6 Å². The van der Waals surface area contributed by atoms with Crippen molar-refractivity contribution in [2.45, 2.75) is 25.8 Å². The number of carbonyl (C=O) groups excluding carboxylic acids is 2. The molecule has 0 spiro atoms. The van der Waals surface area contributed by atoms with E-state index in [1.54, 1.807) is 74.0 Å². The van der Waals surface area contributed by atoms with E-state index in [-0.39, 0.29) is 17.3 Å². The highest BCUT2D eigenvalue weighted by atomic mass is 16.5. The number of Topliss-reactive ketones (excluding diaryl/α,β-unsaturated/α-hetero) is 1. The van der Waals surface area contributed by atoms with Crippen molar-refractivity contribution < 1.29 is 24.2 Å². The monoisotopic (exact) mass is 458 g/mol. The molecule has 0 bridgehead atoms. The molecular formula is C27H26N2O5. The normalized spacial score (nSPS) is 17.3. The average Bonchev–Trinajstić information content (AvgIpc) is 3.13. The Morgan fingerprint density at radius 2 is 1.68 bits per heavy atom. The number of hydrogen-bond acceptors (Lipinski definition) is 6. The number of methoxy groups -OCH3 is 2. The van der Waals surface area contributed by atoms with Crippen molar-refractivity contribution in [3.8, 4) is 11.5 Å². The maximum absolute atomic E-state index is 13.3. The molecule has 4 rings (SSSR count). The Kier molecular flexibility index (Phi) is 6.36. The van der Waals surface area contributed by atoms with Crippen molar-refractivity contribution in [3.63, 3.8) is 0 Å². The molecular weight excluding hydrogens is 432 g/mol. The summed E-state index contributed by atoms with van der Waals surface area (Å²) in [6, 6.07) is 16.5. The molecule has 1 aromatic heterocycles. The summed E-state index contributed by atoms with van der Waals surface area (Å²) in [4.78, 5) is 32.4.